The first-order valence-electron chi connectivity index (χ1n) is 5.77. The molecule has 8 heteroatoms. The van der Waals surface area contributed by atoms with Gasteiger partial charge in [-0.15, -0.1) is 0 Å². The van der Waals surface area contributed by atoms with Gasteiger partial charge in [-0.05, 0) is 18.2 Å². The van der Waals surface area contributed by atoms with E-state index in [1.807, 2.05) is 0 Å². The third kappa shape index (κ3) is 2.52. The zero-order valence-corrected chi connectivity index (χ0v) is 11.5. The Hall–Kier alpha value is -1.93. The van der Waals surface area contributed by atoms with Gasteiger partial charge >= 0.3 is 11.9 Å². The van der Waals surface area contributed by atoms with Crippen molar-refractivity contribution in [2.45, 2.75) is 4.90 Å². The van der Waals surface area contributed by atoms with Crippen molar-refractivity contribution in [1.82, 2.24) is 4.31 Å². The summed E-state index contributed by atoms with van der Waals surface area (Å²) < 4.78 is 30.1. The maximum Gasteiger partial charge on any atom is 0.337 e. The number of carbonyl (C=O) groups is 2. The first kappa shape index (κ1) is 14.5. The summed E-state index contributed by atoms with van der Waals surface area (Å²) >= 11 is 0. The Morgan fingerprint density at radius 1 is 1.35 bits per heavy atom. The largest absolute Gasteiger partial charge is 0.481 e. The number of carboxylic acid groups (broad SMARTS) is 1. The zero-order chi connectivity index (χ0) is 14.9. The van der Waals surface area contributed by atoms with Crippen molar-refractivity contribution in [3.05, 3.63) is 29.8 Å². The number of benzene rings is 1. The SMILES string of the molecule is COC(=O)c1cccc(S(=O)(=O)N2CC(C(=O)O)C2)c1. The molecule has 0 unspecified atom stereocenters. The van der Waals surface area contributed by atoms with E-state index in [2.05, 4.69) is 4.74 Å². The summed E-state index contributed by atoms with van der Waals surface area (Å²) in [5, 5.41) is 8.75. The van der Waals surface area contributed by atoms with Gasteiger partial charge in [-0.3, -0.25) is 4.79 Å². The fourth-order valence-corrected chi connectivity index (χ4v) is 3.42. The van der Waals surface area contributed by atoms with Crippen LogP contribution in [-0.2, 0) is 19.6 Å². The van der Waals surface area contributed by atoms with Crippen LogP contribution in [0.25, 0.3) is 0 Å². The topological polar surface area (TPSA) is 101 Å². The molecule has 1 aliphatic heterocycles. The van der Waals surface area contributed by atoms with Crippen LogP contribution in [0.4, 0.5) is 0 Å². The fourth-order valence-electron chi connectivity index (χ4n) is 1.84. The number of carboxylic acids is 1. The molecule has 1 N–H and O–H groups in total. The Kier molecular flexibility index (Phi) is 3.78. The van der Waals surface area contributed by atoms with Crippen LogP contribution in [0.3, 0.4) is 0 Å². The molecule has 1 fully saturated rings. The smallest absolute Gasteiger partial charge is 0.337 e. The monoisotopic (exact) mass is 299 g/mol. The van der Waals surface area contributed by atoms with Crippen LogP contribution in [0, 0.1) is 5.92 Å². The summed E-state index contributed by atoms with van der Waals surface area (Å²) in [6.07, 6.45) is 0. The molecule has 0 saturated carbocycles. The molecule has 0 spiro atoms. The molecule has 0 radical (unpaired) electrons. The molecule has 7 nitrogen and oxygen atoms in total. The van der Waals surface area contributed by atoms with E-state index in [0.29, 0.717) is 0 Å². The van der Waals surface area contributed by atoms with Gasteiger partial charge in [0.05, 0.1) is 23.5 Å². The molecule has 2 rings (SSSR count). The van der Waals surface area contributed by atoms with Gasteiger partial charge in [0.1, 0.15) is 0 Å². The van der Waals surface area contributed by atoms with Crippen molar-refractivity contribution in [2.24, 2.45) is 5.92 Å². The van der Waals surface area contributed by atoms with Crippen LogP contribution >= 0.6 is 0 Å². The summed E-state index contributed by atoms with van der Waals surface area (Å²) in [5.41, 5.74) is 0.129. The lowest BCUT2D eigenvalue weighted by Crippen LogP contribution is -2.52. The number of rotatable bonds is 4. The number of hydrogen-bond acceptors (Lipinski definition) is 5. The van der Waals surface area contributed by atoms with Crippen molar-refractivity contribution < 1.29 is 27.9 Å². The minimum Gasteiger partial charge on any atom is -0.481 e. The third-order valence-corrected chi connectivity index (χ3v) is 4.92. The lowest BCUT2D eigenvalue weighted by molar-refractivity contribution is -0.145. The quantitative estimate of drug-likeness (QED) is 0.796. The predicted molar refractivity (Wildman–Crippen MR) is 67.7 cm³/mol. The van der Waals surface area contributed by atoms with E-state index >= 15 is 0 Å². The first-order chi connectivity index (χ1) is 9.36. The Morgan fingerprint density at radius 2 is 2.00 bits per heavy atom. The van der Waals surface area contributed by atoms with Crippen molar-refractivity contribution in [1.29, 1.82) is 0 Å². The van der Waals surface area contributed by atoms with E-state index < -0.39 is 27.9 Å². The number of sulfonamides is 1. The Morgan fingerprint density at radius 3 is 2.55 bits per heavy atom. The molecular formula is C12H13NO6S. The maximum atomic E-state index is 12.2. The standard InChI is InChI=1S/C12H13NO6S/c1-19-12(16)8-3-2-4-10(5-8)20(17,18)13-6-9(7-13)11(14)15/h2-5,9H,6-7H2,1H3,(H,14,15). The molecule has 108 valence electrons. The van der Waals surface area contributed by atoms with Crippen LogP contribution in [0.15, 0.2) is 29.2 Å². The van der Waals surface area contributed by atoms with Gasteiger partial charge in [0.15, 0.2) is 0 Å². The van der Waals surface area contributed by atoms with E-state index in [1.165, 1.54) is 31.4 Å². The van der Waals surface area contributed by atoms with Gasteiger partial charge in [-0.1, -0.05) is 6.07 Å². The lowest BCUT2D eigenvalue weighted by atomic mass is 10.0. The Balaban J connectivity index is 2.23. The average Bonchev–Trinajstić information content (AvgIpc) is 2.35. The molecule has 0 aliphatic carbocycles. The molecule has 0 atom stereocenters. The normalized spacial score (nSPS) is 16.4. The van der Waals surface area contributed by atoms with Crippen molar-refractivity contribution in [3.8, 4) is 0 Å². The number of esters is 1. The summed E-state index contributed by atoms with van der Waals surface area (Å²) in [6, 6.07) is 5.46. The molecule has 0 amide bonds. The van der Waals surface area contributed by atoms with Crippen LogP contribution in [0.2, 0.25) is 0 Å². The maximum absolute atomic E-state index is 12.2. The highest BCUT2D eigenvalue weighted by atomic mass is 32.2. The van der Waals surface area contributed by atoms with E-state index in [1.54, 1.807) is 0 Å². The van der Waals surface area contributed by atoms with Crippen LogP contribution < -0.4 is 0 Å². The molecule has 20 heavy (non-hydrogen) atoms. The van der Waals surface area contributed by atoms with Crippen molar-refractivity contribution >= 4 is 22.0 Å². The highest BCUT2D eigenvalue weighted by Gasteiger charge is 2.40. The van der Waals surface area contributed by atoms with Crippen molar-refractivity contribution in [3.63, 3.8) is 0 Å². The predicted octanol–water partition coefficient (Wildman–Crippen LogP) is 0.178. The molecule has 1 aromatic carbocycles. The second kappa shape index (κ2) is 5.22. The number of hydrogen-bond donors (Lipinski definition) is 1. The summed E-state index contributed by atoms with van der Waals surface area (Å²) in [7, 11) is -2.57. The van der Waals surface area contributed by atoms with E-state index in [4.69, 9.17) is 5.11 Å². The lowest BCUT2D eigenvalue weighted by Gasteiger charge is -2.35. The second-order valence-corrected chi connectivity index (χ2v) is 6.31. The summed E-state index contributed by atoms with van der Waals surface area (Å²) in [5.74, 6) is -2.32. The molecule has 0 aromatic heterocycles. The van der Waals surface area contributed by atoms with Crippen molar-refractivity contribution in [2.75, 3.05) is 20.2 Å². The minimum absolute atomic E-state index is 0.0516. The Bertz CT molecular complexity index is 648. The number of methoxy groups -OCH3 is 1. The molecule has 1 aliphatic rings. The Labute approximate surface area is 115 Å². The van der Waals surface area contributed by atoms with E-state index in [-0.39, 0.29) is 23.5 Å². The minimum atomic E-state index is -3.77. The molecule has 0 bridgehead atoms. The van der Waals surface area contributed by atoms with Gasteiger partial charge in [0.25, 0.3) is 0 Å². The van der Waals surface area contributed by atoms with E-state index in [9.17, 15) is 18.0 Å². The first-order valence-corrected chi connectivity index (χ1v) is 7.21. The van der Waals surface area contributed by atoms with Gasteiger partial charge in [-0.25, -0.2) is 13.2 Å². The van der Waals surface area contributed by atoms with Crippen LogP contribution in [0.5, 0.6) is 0 Å². The zero-order valence-electron chi connectivity index (χ0n) is 10.6. The molecule has 1 saturated heterocycles. The molecule has 1 heterocycles. The summed E-state index contributed by atoms with van der Waals surface area (Å²) in [4.78, 5) is 22.0. The second-order valence-electron chi connectivity index (χ2n) is 4.38. The van der Waals surface area contributed by atoms with Crippen LogP contribution in [-0.4, -0.2) is 50.0 Å². The van der Waals surface area contributed by atoms with E-state index in [0.717, 1.165) is 4.31 Å². The fraction of sp³-hybridized carbons (Fsp3) is 0.333. The third-order valence-electron chi connectivity index (χ3n) is 3.09. The highest BCUT2D eigenvalue weighted by Crippen LogP contribution is 2.25. The number of nitrogens with zero attached hydrogens (tertiary/aromatic N) is 1. The molecular weight excluding hydrogens is 286 g/mol. The van der Waals surface area contributed by atoms with Crippen LogP contribution in [0.1, 0.15) is 10.4 Å². The number of ether oxygens (including phenoxy) is 1. The van der Waals surface area contributed by atoms with Gasteiger partial charge < -0.3 is 9.84 Å². The summed E-state index contributed by atoms with van der Waals surface area (Å²) in [6.45, 7) is -0.111. The number of carbonyl (C=O) groups excluding carboxylic acids is 1. The van der Waals surface area contributed by atoms with Gasteiger partial charge in [-0.2, -0.15) is 4.31 Å². The number of aliphatic carboxylic acids is 1. The highest BCUT2D eigenvalue weighted by molar-refractivity contribution is 7.89. The average molecular weight is 299 g/mol. The van der Waals surface area contributed by atoms with Gasteiger partial charge in [0.2, 0.25) is 10.0 Å². The molecule has 1 aromatic rings. The van der Waals surface area contributed by atoms with Gasteiger partial charge in [0, 0.05) is 13.1 Å².